The van der Waals surface area contributed by atoms with Gasteiger partial charge in [-0.25, -0.2) is 0 Å². The lowest BCUT2D eigenvalue weighted by molar-refractivity contribution is -0.145. The Labute approximate surface area is 138 Å². The minimum absolute atomic E-state index is 0.267. The molecule has 1 aromatic carbocycles. The Kier molecular flexibility index (Phi) is 8.33. The molecule has 0 fully saturated rings. The van der Waals surface area contributed by atoms with E-state index in [1.54, 1.807) is 6.92 Å². The standard InChI is InChI=1S/C18H27NO4/c1-4-23-18(22)15(14-8-6-5-7-9-14)10-11-19-16(17(20)21)12-13(2)3/h5-9,13,15-16,19H,4,10-12H2,1-3H3,(H,20,21)/t15?,16-/m0/s1. The highest BCUT2D eigenvalue weighted by Gasteiger charge is 2.23. The van der Waals surface area contributed by atoms with E-state index in [2.05, 4.69) is 5.32 Å². The third kappa shape index (κ3) is 6.82. The van der Waals surface area contributed by atoms with Gasteiger partial charge >= 0.3 is 11.9 Å². The van der Waals surface area contributed by atoms with Gasteiger partial charge in [0.15, 0.2) is 0 Å². The first-order valence-electron chi connectivity index (χ1n) is 8.13. The van der Waals surface area contributed by atoms with Crippen LogP contribution in [0, 0.1) is 5.92 Å². The van der Waals surface area contributed by atoms with E-state index in [1.165, 1.54) is 0 Å². The van der Waals surface area contributed by atoms with Crippen molar-refractivity contribution in [3.05, 3.63) is 35.9 Å². The normalized spacial score (nSPS) is 13.6. The van der Waals surface area contributed by atoms with Crippen molar-refractivity contribution in [3.63, 3.8) is 0 Å². The van der Waals surface area contributed by atoms with Crippen LogP contribution in [0.5, 0.6) is 0 Å². The summed E-state index contributed by atoms with van der Waals surface area (Å²) in [6.07, 6.45) is 1.06. The van der Waals surface area contributed by atoms with Gasteiger partial charge in [0.2, 0.25) is 0 Å². The van der Waals surface area contributed by atoms with E-state index in [4.69, 9.17) is 4.74 Å². The number of ether oxygens (including phenoxy) is 1. The molecule has 0 heterocycles. The number of nitrogens with one attached hydrogen (secondary N) is 1. The minimum atomic E-state index is -0.855. The van der Waals surface area contributed by atoms with Crippen molar-refractivity contribution in [3.8, 4) is 0 Å². The smallest absolute Gasteiger partial charge is 0.320 e. The largest absolute Gasteiger partial charge is 0.480 e. The average molecular weight is 321 g/mol. The topological polar surface area (TPSA) is 75.6 Å². The zero-order chi connectivity index (χ0) is 17.2. The number of rotatable bonds is 10. The summed E-state index contributed by atoms with van der Waals surface area (Å²) in [5.41, 5.74) is 0.892. The van der Waals surface area contributed by atoms with Gasteiger partial charge < -0.3 is 15.2 Å². The molecule has 23 heavy (non-hydrogen) atoms. The minimum Gasteiger partial charge on any atom is -0.480 e. The van der Waals surface area contributed by atoms with Gasteiger partial charge in [-0.15, -0.1) is 0 Å². The van der Waals surface area contributed by atoms with Crippen LogP contribution in [0.1, 0.15) is 45.1 Å². The van der Waals surface area contributed by atoms with Crippen LogP contribution in [-0.2, 0) is 14.3 Å². The molecule has 5 nitrogen and oxygen atoms in total. The lowest BCUT2D eigenvalue weighted by Crippen LogP contribution is -2.39. The predicted molar refractivity (Wildman–Crippen MR) is 89.3 cm³/mol. The second-order valence-corrected chi connectivity index (χ2v) is 5.98. The van der Waals surface area contributed by atoms with Gasteiger partial charge in [-0.2, -0.15) is 0 Å². The lowest BCUT2D eigenvalue weighted by Gasteiger charge is -2.19. The summed E-state index contributed by atoms with van der Waals surface area (Å²) in [4.78, 5) is 23.4. The number of carboxylic acid groups (broad SMARTS) is 1. The van der Waals surface area contributed by atoms with E-state index in [0.717, 1.165) is 5.56 Å². The monoisotopic (exact) mass is 321 g/mol. The van der Waals surface area contributed by atoms with Crippen LogP contribution >= 0.6 is 0 Å². The van der Waals surface area contributed by atoms with Crippen LogP contribution in [0.2, 0.25) is 0 Å². The first-order valence-corrected chi connectivity index (χ1v) is 8.13. The highest BCUT2D eigenvalue weighted by molar-refractivity contribution is 5.78. The molecule has 1 rings (SSSR count). The van der Waals surface area contributed by atoms with Crippen molar-refractivity contribution in [2.45, 2.75) is 45.6 Å². The summed E-state index contributed by atoms with van der Waals surface area (Å²) < 4.78 is 5.14. The van der Waals surface area contributed by atoms with Crippen molar-refractivity contribution in [1.82, 2.24) is 5.32 Å². The fourth-order valence-corrected chi connectivity index (χ4v) is 2.49. The van der Waals surface area contributed by atoms with E-state index >= 15 is 0 Å². The second-order valence-electron chi connectivity index (χ2n) is 5.98. The maximum Gasteiger partial charge on any atom is 0.320 e. The summed E-state index contributed by atoms with van der Waals surface area (Å²) in [6, 6.07) is 8.86. The van der Waals surface area contributed by atoms with Crippen molar-refractivity contribution in [2.24, 2.45) is 5.92 Å². The van der Waals surface area contributed by atoms with Crippen molar-refractivity contribution in [2.75, 3.05) is 13.2 Å². The quantitative estimate of drug-likeness (QED) is 0.648. The van der Waals surface area contributed by atoms with Crippen LogP contribution in [0.4, 0.5) is 0 Å². The molecule has 1 unspecified atom stereocenters. The molecule has 0 aromatic heterocycles. The zero-order valence-corrected chi connectivity index (χ0v) is 14.1. The average Bonchev–Trinajstić information content (AvgIpc) is 2.50. The molecule has 2 N–H and O–H groups in total. The van der Waals surface area contributed by atoms with Gasteiger partial charge in [0.05, 0.1) is 12.5 Å². The molecular weight excluding hydrogens is 294 g/mol. The number of carbonyl (C=O) groups excluding carboxylic acids is 1. The molecule has 0 saturated carbocycles. The van der Waals surface area contributed by atoms with Crippen LogP contribution < -0.4 is 5.32 Å². The number of carboxylic acids is 1. The Morgan fingerprint density at radius 3 is 2.39 bits per heavy atom. The molecule has 0 radical (unpaired) electrons. The first-order chi connectivity index (χ1) is 11.0. The van der Waals surface area contributed by atoms with Gasteiger partial charge in [0.1, 0.15) is 6.04 Å². The van der Waals surface area contributed by atoms with Gasteiger partial charge in [0, 0.05) is 0 Å². The van der Waals surface area contributed by atoms with Gasteiger partial charge in [-0.1, -0.05) is 44.2 Å². The molecule has 1 aromatic rings. The molecule has 0 aliphatic rings. The van der Waals surface area contributed by atoms with Crippen LogP contribution in [0.3, 0.4) is 0 Å². The van der Waals surface area contributed by atoms with Crippen LogP contribution in [0.25, 0.3) is 0 Å². The SMILES string of the molecule is CCOC(=O)C(CCN[C@@H](CC(C)C)C(=O)O)c1ccccc1. The van der Waals surface area contributed by atoms with Gasteiger partial charge in [-0.3, -0.25) is 9.59 Å². The van der Waals surface area contributed by atoms with E-state index in [0.29, 0.717) is 31.9 Å². The van der Waals surface area contributed by atoms with Crippen molar-refractivity contribution in [1.29, 1.82) is 0 Å². The Morgan fingerprint density at radius 1 is 1.22 bits per heavy atom. The van der Waals surface area contributed by atoms with Crippen molar-refractivity contribution >= 4 is 11.9 Å². The molecule has 0 aliphatic heterocycles. The molecular formula is C18H27NO4. The number of carbonyl (C=O) groups is 2. The molecule has 0 bridgehead atoms. The number of esters is 1. The molecule has 128 valence electrons. The summed E-state index contributed by atoms with van der Waals surface area (Å²) in [5, 5.41) is 12.3. The lowest BCUT2D eigenvalue weighted by atomic mass is 9.95. The summed E-state index contributed by atoms with van der Waals surface area (Å²) in [7, 11) is 0. The Hall–Kier alpha value is -1.88. The number of benzene rings is 1. The molecule has 0 aliphatic carbocycles. The summed E-state index contributed by atoms with van der Waals surface area (Å²) in [6.45, 7) is 6.54. The third-order valence-corrected chi connectivity index (χ3v) is 3.60. The maximum absolute atomic E-state index is 12.2. The predicted octanol–water partition coefficient (Wildman–Crippen LogP) is 2.81. The molecule has 0 saturated heterocycles. The van der Waals surface area contributed by atoms with Gasteiger partial charge in [0.25, 0.3) is 0 Å². The summed E-state index contributed by atoms with van der Waals surface area (Å²) in [5.74, 6) is -1.21. The van der Waals surface area contributed by atoms with Crippen molar-refractivity contribution < 1.29 is 19.4 Å². The van der Waals surface area contributed by atoms with E-state index < -0.39 is 12.0 Å². The van der Waals surface area contributed by atoms with E-state index in [1.807, 2.05) is 44.2 Å². The molecule has 0 amide bonds. The highest BCUT2D eigenvalue weighted by Crippen LogP contribution is 2.21. The second kappa shape index (κ2) is 10.0. The zero-order valence-electron chi connectivity index (χ0n) is 14.1. The van der Waals surface area contributed by atoms with E-state index in [9.17, 15) is 14.7 Å². The molecule has 5 heteroatoms. The fraction of sp³-hybridized carbons (Fsp3) is 0.556. The Morgan fingerprint density at radius 2 is 1.87 bits per heavy atom. The Bertz CT molecular complexity index is 487. The highest BCUT2D eigenvalue weighted by atomic mass is 16.5. The van der Waals surface area contributed by atoms with E-state index in [-0.39, 0.29) is 11.9 Å². The van der Waals surface area contributed by atoms with Gasteiger partial charge in [-0.05, 0) is 37.8 Å². The number of hydrogen-bond acceptors (Lipinski definition) is 4. The Balaban J connectivity index is 2.67. The maximum atomic E-state index is 12.2. The van der Waals surface area contributed by atoms with Crippen LogP contribution in [0.15, 0.2) is 30.3 Å². The fourth-order valence-electron chi connectivity index (χ4n) is 2.49. The molecule has 2 atom stereocenters. The number of hydrogen-bond donors (Lipinski definition) is 2. The summed E-state index contributed by atoms with van der Waals surface area (Å²) >= 11 is 0. The van der Waals surface area contributed by atoms with Crippen LogP contribution in [-0.4, -0.2) is 36.2 Å². The molecule has 0 spiro atoms. The number of aliphatic carboxylic acids is 1. The third-order valence-electron chi connectivity index (χ3n) is 3.60. The first kappa shape index (κ1) is 19.2.